The van der Waals surface area contributed by atoms with Gasteiger partial charge in [-0.3, -0.25) is 0 Å². The van der Waals surface area contributed by atoms with E-state index in [1.165, 1.54) is 44.9 Å². The van der Waals surface area contributed by atoms with Crippen molar-refractivity contribution in [3.8, 4) is 0 Å². The summed E-state index contributed by atoms with van der Waals surface area (Å²) < 4.78 is 0. The zero-order valence-corrected chi connectivity index (χ0v) is 10.1. The molecule has 0 saturated carbocycles. The molecule has 0 spiro atoms. The van der Waals surface area contributed by atoms with Crippen molar-refractivity contribution in [1.82, 2.24) is 0 Å². The summed E-state index contributed by atoms with van der Waals surface area (Å²) in [5.74, 6) is 0.933. The van der Waals surface area contributed by atoms with Crippen LogP contribution in [0.25, 0.3) is 0 Å². The lowest BCUT2D eigenvalue weighted by Gasteiger charge is -2.08. The van der Waals surface area contributed by atoms with Gasteiger partial charge in [-0.15, -0.1) is 0 Å². The van der Waals surface area contributed by atoms with Gasteiger partial charge >= 0.3 is 0 Å². The number of carbonyl (C=O) groups excluding carboxylic acids is 1. The Balaban J connectivity index is 3.14. The molecule has 0 aliphatic carbocycles. The van der Waals surface area contributed by atoms with Crippen molar-refractivity contribution in [2.45, 2.75) is 72.1 Å². The van der Waals surface area contributed by atoms with Gasteiger partial charge in [-0.05, 0) is 12.8 Å². The quantitative estimate of drug-likeness (QED) is 0.503. The van der Waals surface area contributed by atoms with Crippen LogP contribution in [0.2, 0.25) is 0 Å². The third kappa shape index (κ3) is 9.76. The highest BCUT2D eigenvalue weighted by molar-refractivity contribution is 5.75. The average molecular weight is 198 g/mol. The lowest BCUT2D eigenvalue weighted by molar-refractivity contribution is -0.117. The maximum atomic E-state index is 10.8. The van der Waals surface area contributed by atoms with E-state index in [1.54, 1.807) is 6.92 Å². The van der Waals surface area contributed by atoms with Crippen LogP contribution < -0.4 is 0 Å². The number of Topliss-reactive ketones (excluding diaryl/α,β-unsaturated/α-hetero) is 1. The van der Waals surface area contributed by atoms with Crippen molar-refractivity contribution in [1.29, 1.82) is 0 Å². The van der Waals surface area contributed by atoms with E-state index in [2.05, 4.69) is 13.8 Å². The molecule has 0 aliphatic heterocycles. The van der Waals surface area contributed by atoms with Gasteiger partial charge in [0.05, 0.1) is 0 Å². The van der Waals surface area contributed by atoms with E-state index in [9.17, 15) is 4.79 Å². The molecule has 84 valence electrons. The molecule has 0 aromatic heterocycles. The maximum absolute atomic E-state index is 10.8. The lowest BCUT2D eigenvalue weighted by atomic mass is 9.97. The van der Waals surface area contributed by atoms with E-state index >= 15 is 0 Å². The molecule has 0 radical (unpaired) electrons. The number of hydrogen-bond donors (Lipinski definition) is 0. The van der Waals surface area contributed by atoms with Gasteiger partial charge in [0.1, 0.15) is 5.78 Å². The van der Waals surface area contributed by atoms with Crippen LogP contribution in [-0.2, 0) is 4.79 Å². The molecule has 0 fully saturated rings. The first-order valence-corrected chi connectivity index (χ1v) is 6.16. The lowest BCUT2D eigenvalue weighted by Crippen LogP contribution is -2.01. The fraction of sp³-hybridized carbons (Fsp3) is 0.923. The van der Waals surface area contributed by atoms with E-state index < -0.39 is 0 Å². The molecule has 0 amide bonds. The zero-order valence-electron chi connectivity index (χ0n) is 10.1. The second-order valence-corrected chi connectivity index (χ2v) is 4.57. The maximum Gasteiger partial charge on any atom is 0.130 e. The van der Waals surface area contributed by atoms with E-state index in [4.69, 9.17) is 0 Å². The summed E-state index contributed by atoms with van der Waals surface area (Å²) in [6.45, 7) is 6.13. The van der Waals surface area contributed by atoms with Crippen molar-refractivity contribution < 1.29 is 4.79 Å². The Hall–Kier alpha value is -0.330. The van der Waals surface area contributed by atoms with Crippen molar-refractivity contribution >= 4 is 5.78 Å². The minimum Gasteiger partial charge on any atom is -0.300 e. The molecule has 14 heavy (non-hydrogen) atoms. The predicted octanol–water partition coefficient (Wildman–Crippen LogP) is 4.35. The van der Waals surface area contributed by atoms with Crippen LogP contribution >= 0.6 is 0 Å². The van der Waals surface area contributed by atoms with Crippen molar-refractivity contribution in [3.05, 3.63) is 0 Å². The van der Waals surface area contributed by atoms with Gasteiger partial charge in [0.15, 0.2) is 0 Å². The zero-order chi connectivity index (χ0) is 10.8. The first-order valence-electron chi connectivity index (χ1n) is 6.16. The first-order chi connectivity index (χ1) is 6.66. The number of ketones is 1. The van der Waals surface area contributed by atoms with Crippen molar-refractivity contribution in [2.24, 2.45) is 5.92 Å². The highest BCUT2D eigenvalue weighted by Crippen LogP contribution is 2.14. The molecule has 0 N–H and O–H groups in total. The molecule has 0 rings (SSSR count). The molecule has 0 aromatic carbocycles. The largest absolute Gasteiger partial charge is 0.300 e. The number of carbonyl (C=O) groups is 1. The third-order valence-electron chi connectivity index (χ3n) is 2.69. The Kier molecular flexibility index (Phi) is 9.02. The Labute approximate surface area is 89.3 Å². The highest BCUT2D eigenvalue weighted by Gasteiger charge is 2.04. The number of unbranched alkanes of at least 4 members (excludes halogenated alkanes) is 5. The normalized spacial score (nSPS) is 12.8. The van der Waals surface area contributed by atoms with Gasteiger partial charge in [0, 0.05) is 6.42 Å². The standard InChI is InChI=1S/C13H26O/c1-4-5-6-7-8-9-10-12(2)11-13(3)14/h12H,4-11H2,1-3H3. The topological polar surface area (TPSA) is 17.1 Å². The first kappa shape index (κ1) is 13.7. The molecule has 0 heterocycles. The van der Waals surface area contributed by atoms with E-state index in [1.807, 2.05) is 0 Å². The van der Waals surface area contributed by atoms with Crippen LogP contribution in [0, 0.1) is 5.92 Å². The number of rotatable bonds is 9. The molecule has 1 atom stereocenters. The van der Waals surface area contributed by atoms with Crippen LogP contribution in [-0.4, -0.2) is 5.78 Å². The minimum absolute atomic E-state index is 0.337. The Morgan fingerprint density at radius 1 is 1.07 bits per heavy atom. The number of hydrogen-bond acceptors (Lipinski definition) is 1. The summed E-state index contributed by atoms with van der Waals surface area (Å²) >= 11 is 0. The Morgan fingerprint density at radius 2 is 1.64 bits per heavy atom. The molecular weight excluding hydrogens is 172 g/mol. The van der Waals surface area contributed by atoms with Gasteiger partial charge in [-0.25, -0.2) is 0 Å². The van der Waals surface area contributed by atoms with Crippen LogP contribution in [0.3, 0.4) is 0 Å². The SMILES string of the molecule is CCCCCCCCC(C)CC(C)=O. The van der Waals surface area contributed by atoms with Crippen LogP contribution in [0.5, 0.6) is 0 Å². The second-order valence-electron chi connectivity index (χ2n) is 4.57. The van der Waals surface area contributed by atoms with Gasteiger partial charge < -0.3 is 4.79 Å². The van der Waals surface area contributed by atoms with Gasteiger partial charge in [-0.1, -0.05) is 58.8 Å². The van der Waals surface area contributed by atoms with Gasteiger partial charge in [0.2, 0.25) is 0 Å². The minimum atomic E-state index is 0.337. The molecule has 1 heteroatoms. The Bertz CT molecular complexity index is 140. The molecule has 1 nitrogen and oxygen atoms in total. The summed E-state index contributed by atoms with van der Waals surface area (Å²) in [5.41, 5.74) is 0. The predicted molar refractivity (Wildman–Crippen MR) is 62.5 cm³/mol. The monoisotopic (exact) mass is 198 g/mol. The van der Waals surface area contributed by atoms with Gasteiger partial charge in [0.25, 0.3) is 0 Å². The summed E-state index contributed by atoms with van der Waals surface area (Å²) in [7, 11) is 0. The average Bonchev–Trinajstić information content (AvgIpc) is 2.10. The van der Waals surface area contributed by atoms with E-state index in [0.29, 0.717) is 11.7 Å². The Morgan fingerprint density at radius 3 is 2.21 bits per heavy atom. The van der Waals surface area contributed by atoms with Crippen LogP contribution in [0.4, 0.5) is 0 Å². The van der Waals surface area contributed by atoms with E-state index in [-0.39, 0.29) is 0 Å². The summed E-state index contributed by atoms with van der Waals surface area (Å²) in [6.07, 6.45) is 10.1. The molecule has 0 aliphatic rings. The second kappa shape index (κ2) is 9.23. The molecular formula is C13H26O. The molecule has 0 bridgehead atoms. The van der Waals surface area contributed by atoms with Crippen molar-refractivity contribution in [2.75, 3.05) is 0 Å². The fourth-order valence-corrected chi connectivity index (χ4v) is 1.87. The highest BCUT2D eigenvalue weighted by atomic mass is 16.1. The smallest absolute Gasteiger partial charge is 0.130 e. The summed E-state index contributed by atoms with van der Waals surface area (Å²) in [4.78, 5) is 10.8. The van der Waals surface area contributed by atoms with E-state index in [0.717, 1.165) is 6.42 Å². The third-order valence-corrected chi connectivity index (χ3v) is 2.69. The summed E-state index contributed by atoms with van der Waals surface area (Å²) in [6, 6.07) is 0. The summed E-state index contributed by atoms with van der Waals surface area (Å²) in [5, 5.41) is 0. The van der Waals surface area contributed by atoms with Crippen LogP contribution in [0.15, 0.2) is 0 Å². The van der Waals surface area contributed by atoms with Gasteiger partial charge in [-0.2, -0.15) is 0 Å². The molecule has 0 saturated heterocycles. The molecule has 0 aromatic rings. The fourth-order valence-electron chi connectivity index (χ4n) is 1.87. The van der Waals surface area contributed by atoms with Crippen LogP contribution in [0.1, 0.15) is 72.1 Å². The molecule has 1 unspecified atom stereocenters. The van der Waals surface area contributed by atoms with Crippen molar-refractivity contribution in [3.63, 3.8) is 0 Å².